The molecular weight excluding hydrogens is 604 g/mol. The van der Waals surface area contributed by atoms with Crippen LogP contribution in [0.4, 0.5) is 11.9 Å². The molecule has 0 radical (unpaired) electrons. The van der Waals surface area contributed by atoms with Crippen LogP contribution in [0.1, 0.15) is 86.9 Å². The molecule has 0 bridgehead atoms. The summed E-state index contributed by atoms with van der Waals surface area (Å²) in [6.07, 6.45) is 5.18. The van der Waals surface area contributed by atoms with Crippen LogP contribution in [0.5, 0.6) is 11.5 Å². The van der Waals surface area contributed by atoms with Gasteiger partial charge in [0.2, 0.25) is 0 Å². The Labute approximate surface area is 269 Å². The number of fused-ring (bicyclic) bond motifs is 2. The summed E-state index contributed by atoms with van der Waals surface area (Å²) in [6.45, 7) is 0. The number of carbonyl (C=O) groups is 4. The van der Waals surface area contributed by atoms with Gasteiger partial charge in [0.05, 0.1) is 27.1 Å². The third-order valence-corrected chi connectivity index (χ3v) is 8.08. The normalized spacial score (nSPS) is 13.3. The molecule has 0 saturated heterocycles. The van der Waals surface area contributed by atoms with Gasteiger partial charge in [0, 0.05) is 24.0 Å². The van der Waals surface area contributed by atoms with E-state index in [0.717, 1.165) is 32.1 Å². The molecule has 0 fully saturated rings. The third kappa shape index (κ3) is 6.66. The van der Waals surface area contributed by atoms with E-state index >= 15 is 0 Å². The van der Waals surface area contributed by atoms with E-state index in [0.29, 0.717) is 47.1 Å². The van der Waals surface area contributed by atoms with Gasteiger partial charge in [0.1, 0.15) is 34.6 Å². The number of hydrogen-bond donors (Lipinski definition) is 0. The number of aromatic nitrogens is 6. The minimum absolute atomic E-state index is 0.121. The van der Waals surface area contributed by atoms with Crippen molar-refractivity contribution >= 4 is 46.7 Å². The molecule has 240 valence electrons. The first-order valence-electron chi connectivity index (χ1n) is 15.3. The van der Waals surface area contributed by atoms with Gasteiger partial charge in [-0.05, 0) is 61.4 Å². The highest BCUT2D eigenvalue weighted by Crippen LogP contribution is 2.25. The number of Topliss-reactive ketones (excluding diaryl/α,β-unsaturated/α-hetero) is 2. The number of hydrogen-bond acceptors (Lipinski definition) is 12. The van der Waals surface area contributed by atoms with Gasteiger partial charge in [-0.3, -0.25) is 19.2 Å². The molecule has 2 aliphatic heterocycles. The van der Waals surface area contributed by atoms with Crippen molar-refractivity contribution in [2.75, 3.05) is 14.2 Å². The molecule has 2 aromatic carbocycles. The summed E-state index contributed by atoms with van der Waals surface area (Å²) in [5.41, 5.74) is 1.24. The van der Waals surface area contributed by atoms with E-state index in [4.69, 9.17) is 9.47 Å². The van der Waals surface area contributed by atoms with Crippen molar-refractivity contribution in [1.29, 1.82) is 0 Å². The molecule has 2 aromatic heterocycles. The fourth-order valence-electron chi connectivity index (χ4n) is 5.48. The van der Waals surface area contributed by atoms with Crippen molar-refractivity contribution in [3.63, 3.8) is 0 Å². The lowest BCUT2D eigenvalue weighted by Gasteiger charge is -2.05. The van der Waals surface area contributed by atoms with E-state index in [1.807, 2.05) is 0 Å². The highest BCUT2D eigenvalue weighted by Gasteiger charge is 2.31. The van der Waals surface area contributed by atoms with Crippen molar-refractivity contribution in [2.45, 2.75) is 57.8 Å². The van der Waals surface area contributed by atoms with Crippen LogP contribution in [0.25, 0.3) is 0 Å². The molecule has 0 aliphatic carbocycles. The lowest BCUT2D eigenvalue weighted by atomic mass is 10.1. The Hall–Kier alpha value is -5.66. The molecule has 4 heterocycles. The first-order valence-corrected chi connectivity index (χ1v) is 15.3. The first-order chi connectivity index (χ1) is 22.9. The Morgan fingerprint density at radius 1 is 0.574 bits per heavy atom. The van der Waals surface area contributed by atoms with E-state index < -0.39 is 0 Å². The summed E-state index contributed by atoms with van der Waals surface area (Å²) in [5, 5.41) is 16.3. The van der Waals surface area contributed by atoms with Gasteiger partial charge in [-0.15, -0.1) is 20.4 Å². The molecule has 0 atom stereocenters. The van der Waals surface area contributed by atoms with Gasteiger partial charge in [0.25, 0.3) is 23.7 Å². The number of aliphatic imine (C=N–C) groups is 2. The van der Waals surface area contributed by atoms with Crippen LogP contribution in [0.2, 0.25) is 0 Å². The van der Waals surface area contributed by atoms with Gasteiger partial charge < -0.3 is 9.47 Å². The number of unbranched alkanes of at least 4 members (excludes halogenated alkanes) is 4. The predicted octanol–water partition coefficient (Wildman–Crippen LogP) is 4.62. The molecule has 0 saturated carbocycles. The van der Waals surface area contributed by atoms with Crippen LogP contribution in [-0.2, 0) is 12.8 Å². The van der Waals surface area contributed by atoms with Crippen LogP contribution in [0, 0.1) is 0 Å². The fraction of sp³-hybridized carbons (Fsp3) is 0.333. The maximum atomic E-state index is 13.0. The van der Waals surface area contributed by atoms with Crippen LogP contribution in [0.3, 0.4) is 0 Å². The predicted molar refractivity (Wildman–Crippen MR) is 170 cm³/mol. The smallest absolute Gasteiger partial charge is 0.281 e. The first kappa shape index (κ1) is 31.3. The van der Waals surface area contributed by atoms with Crippen molar-refractivity contribution in [3.05, 3.63) is 71.3 Å². The number of aryl methyl sites for hydroxylation is 2. The molecule has 0 amide bonds. The fourth-order valence-corrected chi connectivity index (χ4v) is 5.48. The van der Waals surface area contributed by atoms with E-state index in [2.05, 4.69) is 30.4 Å². The summed E-state index contributed by atoms with van der Waals surface area (Å²) in [5.74, 6) is 1.58. The zero-order valence-electron chi connectivity index (χ0n) is 26.0. The van der Waals surface area contributed by atoms with Crippen molar-refractivity contribution in [2.24, 2.45) is 9.98 Å². The van der Waals surface area contributed by atoms with E-state index in [9.17, 15) is 19.2 Å². The summed E-state index contributed by atoms with van der Waals surface area (Å²) in [7, 11) is 3.10. The standard InChI is InChI=1S/C33H32N8O6/c1-46-22-14-10-20(11-15-22)26(42)18-24-30(44)40-28(36-38-32(40)34-24)8-6-4-3-5-7-9-29-37-39-33-35-25(31(45)41(29)33)19-27(43)21-12-16-23(47-2)17-13-21/h10-17H,3-9,18-19H2,1-2H3. The topological polar surface area (TPSA) is 173 Å². The van der Waals surface area contributed by atoms with Gasteiger partial charge >= 0.3 is 0 Å². The van der Waals surface area contributed by atoms with E-state index in [1.54, 1.807) is 62.8 Å². The Kier molecular flexibility index (Phi) is 9.18. The summed E-state index contributed by atoms with van der Waals surface area (Å²) in [6, 6.07) is 13.4. The van der Waals surface area contributed by atoms with Crippen LogP contribution in [-0.4, -0.2) is 78.6 Å². The monoisotopic (exact) mass is 636 g/mol. The second kappa shape index (κ2) is 13.8. The molecule has 4 aromatic rings. The molecule has 0 N–H and O–H groups in total. The van der Waals surface area contributed by atoms with Gasteiger partial charge in [-0.2, -0.15) is 0 Å². The molecule has 14 heteroatoms. The minimum atomic E-state index is -0.366. The Morgan fingerprint density at radius 3 is 1.34 bits per heavy atom. The largest absolute Gasteiger partial charge is 0.497 e. The maximum Gasteiger partial charge on any atom is 0.281 e. The Balaban J connectivity index is 0.915. The minimum Gasteiger partial charge on any atom is -0.497 e. The number of nitrogens with zero attached hydrogens (tertiary/aromatic N) is 8. The molecule has 14 nitrogen and oxygen atoms in total. The van der Waals surface area contributed by atoms with E-state index in [1.165, 1.54) is 9.13 Å². The number of ether oxygens (including phenoxy) is 2. The molecule has 0 spiro atoms. The molecule has 6 rings (SSSR count). The quantitative estimate of drug-likeness (QED) is 0.125. The zero-order chi connectivity index (χ0) is 32.9. The van der Waals surface area contributed by atoms with Gasteiger partial charge in [-0.25, -0.2) is 19.1 Å². The van der Waals surface area contributed by atoms with Crippen LogP contribution < -0.4 is 9.47 Å². The Bertz CT molecular complexity index is 1770. The molecule has 0 unspecified atom stereocenters. The highest BCUT2D eigenvalue weighted by molar-refractivity contribution is 6.46. The van der Waals surface area contributed by atoms with Crippen LogP contribution in [0.15, 0.2) is 58.5 Å². The van der Waals surface area contributed by atoms with Gasteiger partial charge in [0.15, 0.2) is 11.6 Å². The number of benzene rings is 2. The lowest BCUT2D eigenvalue weighted by molar-refractivity contribution is 0.0962. The maximum absolute atomic E-state index is 13.0. The number of ketones is 2. The summed E-state index contributed by atoms with van der Waals surface area (Å²) < 4.78 is 13.0. The van der Waals surface area contributed by atoms with Crippen LogP contribution >= 0.6 is 0 Å². The number of rotatable bonds is 16. The lowest BCUT2D eigenvalue weighted by Crippen LogP contribution is -2.21. The van der Waals surface area contributed by atoms with Crippen molar-refractivity contribution < 1.29 is 28.7 Å². The molecular formula is C33H32N8O6. The second-order valence-electron chi connectivity index (χ2n) is 11.2. The van der Waals surface area contributed by atoms with Gasteiger partial charge in [-0.1, -0.05) is 19.3 Å². The number of carbonyl (C=O) groups excluding carboxylic acids is 4. The third-order valence-electron chi connectivity index (χ3n) is 8.08. The average Bonchev–Trinajstić information content (AvgIpc) is 3.84. The Morgan fingerprint density at radius 2 is 0.957 bits per heavy atom. The van der Waals surface area contributed by atoms with E-state index in [-0.39, 0.29) is 59.5 Å². The highest BCUT2D eigenvalue weighted by atomic mass is 16.5. The second-order valence-corrected chi connectivity index (χ2v) is 11.2. The summed E-state index contributed by atoms with van der Waals surface area (Å²) in [4.78, 5) is 59.9. The molecule has 47 heavy (non-hydrogen) atoms. The van der Waals surface area contributed by atoms with Crippen molar-refractivity contribution in [3.8, 4) is 11.5 Å². The SMILES string of the molecule is COc1ccc(C(=O)CC2=Nc3nnc(CCCCCCCc4nnc5n4C(=O)C(CC(=O)c4ccc(OC)cc4)=N5)n3C2=O)cc1. The van der Waals surface area contributed by atoms with Crippen molar-refractivity contribution in [1.82, 2.24) is 29.5 Å². The summed E-state index contributed by atoms with van der Waals surface area (Å²) >= 11 is 0. The molecule has 2 aliphatic rings. The average molecular weight is 637 g/mol. The number of methoxy groups -OCH3 is 2. The zero-order valence-corrected chi connectivity index (χ0v) is 26.0.